The average molecular weight is 326 g/mol. The van der Waals surface area contributed by atoms with Gasteiger partial charge in [-0.05, 0) is 43.5 Å². The first-order valence-corrected chi connectivity index (χ1v) is 9.03. The predicted octanol–water partition coefficient (Wildman–Crippen LogP) is 1.88. The number of benzene rings is 1. The molecule has 1 fully saturated rings. The number of ether oxygens (including phenoxy) is 1. The van der Waals surface area contributed by atoms with Gasteiger partial charge in [0.1, 0.15) is 6.10 Å². The number of anilines is 1. The Kier molecular flexibility index (Phi) is 5.93. The van der Waals surface area contributed by atoms with Gasteiger partial charge in [-0.2, -0.15) is 0 Å². The van der Waals surface area contributed by atoms with Crippen molar-refractivity contribution in [2.24, 2.45) is 0 Å². The van der Waals surface area contributed by atoms with Crippen LogP contribution in [0.25, 0.3) is 0 Å². The van der Waals surface area contributed by atoms with Gasteiger partial charge in [0.05, 0.1) is 4.90 Å². The third-order valence-electron chi connectivity index (χ3n) is 3.48. The smallest absolute Gasteiger partial charge is 0.253 e. The molecule has 0 radical (unpaired) electrons. The second-order valence-electron chi connectivity index (χ2n) is 5.27. The molecule has 1 aromatic carbocycles. The summed E-state index contributed by atoms with van der Waals surface area (Å²) in [7, 11) is -3.48. The molecule has 1 aliphatic heterocycles. The van der Waals surface area contributed by atoms with E-state index in [4.69, 9.17) is 4.74 Å². The van der Waals surface area contributed by atoms with Crippen molar-refractivity contribution in [3.8, 4) is 0 Å². The van der Waals surface area contributed by atoms with Gasteiger partial charge in [-0.3, -0.25) is 4.79 Å². The van der Waals surface area contributed by atoms with Crippen molar-refractivity contribution < 1.29 is 17.9 Å². The molecule has 2 rings (SSSR count). The lowest BCUT2D eigenvalue weighted by atomic mass is 10.2. The van der Waals surface area contributed by atoms with Gasteiger partial charge in [-0.15, -0.1) is 0 Å². The number of rotatable bonds is 7. The Bertz CT molecular complexity index is 592. The molecule has 0 aromatic heterocycles. The molecule has 1 amide bonds. The number of sulfonamides is 1. The fraction of sp³-hybridized carbons (Fsp3) is 0.533. The second kappa shape index (κ2) is 7.71. The Balaban J connectivity index is 1.96. The van der Waals surface area contributed by atoms with Crippen LogP contribution in [0.1, 0.15) is 32.6 Å². The number of nitrogens with one attached hydrogen (secondary N) is 2. The summed E-state index contributed by atoms with van der Waals surface area (Å²) < 4.78 is 31.9. The Hall–Kier alpha value is -1.44. The van der Waals surface area contributed by atoms with Crippen molar-refractivity contribution in [3.63, 3.8) is 0 Å². The van der Waals surface area contributed by atoms with E-state index in [0.29, 0.717) is 18.8 Å². The fourth-order valence-electron chi connectivity index (χ4n) is 2.19. The SMILES string of the molecule is CCCCNS(=O)(=O)c1ccc(NC(=O)[C@H]2CCCO2)cc1. The van der Waals surface area contributed by atoms with Gasteiger partial charge < -0.3 is 10.1 Å². The van der Waals surface area contributed by atoms with Crippen LogP contribution >= 0.6 is 0 Å². The van der Waals surface area contributed by atoms with E-state index in [1.165, 1.54) is 12.1 Å². The number of carbonyl (C=O) groups is 1. The van der Waals surface area contributed by atoms with E-state index in [9.17, 15) is 13.2 Å². The lowest BCUT2D eigenvalue weighted by molar-refractivity contribution is -0.124. The number of amides is 1. The molecule has 0 saturated carbocycles. The first-order valence-electron chi connectivity index (χ1n) is 7.55. The van der Waals surface area contributed by atoms with E-state index in [1.54, 1.807) is 12.1 Å². The van der Waals surface area contributed by atoms with Gasteiger partial charge in [0.15, 0.2) is 0 Å². The van der Waals surface area contributed by atoms with Crippen LogP contribution in [0, 0.1) is 0 Å². The Morgan fingerprint density at radius 2 is 2.05 bits per heavy atom. The molecule has 6 nitrogen and oxygen atoms in total. The molecule has 0 aliphatic carbocycles. The molecule has 7 heteroatoms. The molecular formula is C15H22N2O4S. The maximum absolute atomic E-state index is 12.0. The van der Waals surface area contributed by atoms with Crippen molar-refractivity contribution >= 4 is 21.6 Å². The van der Waals surface area contributed by atoms with Crippen LogP contribution < -0.4 is 10.0 Å². The lowest BCUT2D eigenvalue weighted by Gasteiger charge is -2.11. The molecule has 0 spiro atoms. The second-order valence-corrected chi connectivity index (χ2v) is 7.03. The van der Waals surface area contributed by atoms with Crippen LogP contribution in [0.4, 0.5) is 5.69 Å². The zero-order valence-electron chi connectivity index (χ0n) is 12.7. The quantitative estimate of drug-likeness (QED) is 0.749. The van der Waals surface area contributed by atoms with Crippen LogP contribution in [0.15, 0.2) is 29.2 Å². The fourth-order valence-corrected chi connectivity index (χ4v) is 3.27. The van der Waals surface area contributed by atoms with Gasteiger partial charge in [-0.1, -0.05) is 13.3 Å². The van der Waals surface area contributed by atoms with E-state index in [0.717, 1.165) is 25.7 Å². The monoisotopic (exact) mass is 326 g/mol. The van der Waals surface area contributed by atoms with Gasteiger partial charge in [0.2, 0.25) is 10.0 Å². The van der Waals surface area contributed by atoms with Gasteiger partial charge in [0, 0.05) is 18.8 Å². The summed E-state index contributed by atoms with van der Waals surface area (Å²) in [6.07, 6.45) is 2.93. The molecule has 0 bridgehead atoms. The Morgan fingerprint density at radius 3 is 2.64 bits per heavy atom. The molecule has 22 heavy (non-hydrogen) atoms. The first kappa shape index (κ1) is 16.9. The van der Waals surface area contributed by atoms with Crippen molar-refractivity contribution in [2.75, 3.05) is 18.5 Å². The summed E-state index contributed by atoms with van der Waals surface area (Å²) in [5, 5.41) is 2.74. The minimum atomic E-state index is -3.48. The molecule has 1 aromatic rings. The van der Waals surface area contributed by atoms with Crippen molar-refractivity contribution in [1.29, 1.82) is 0 Å². The zero-order valence-corrected chi connectivity index (χ0v) is 13.5. The highest BCUT2D eigenvalue weighted by Crippen LogP contribution is 2.17. The third kappa shape index (κ3) is 4.53. The summed E-state index contributed by atoms with van der Waals surface area (Å²) in [5.41, 5.74) is 0.563. The maximum atomic E-state index is 12.0. The summed E-state index contributed by atoms with van der Waals surface area (Å²) in [5.74, 6) is -0.186. The van der Waals surface area contributed by atoms with Crippen LogP contribution in [0.3, 0.4) is 0 Å². The normalized spacial score (nSPS) is 18.3. The van der Waals surface area contributed by atoms with E-state index in [2.05, 4.69) is 10.0 Å². The first-order chi connectivity index (χ1) is 10.5. The standard InChI is InChI=1S/C15H22N2O4S/c1-2-3-10-16-22(19,20)13-8-6-12(7-9-13)17-15(18)14-5-4-11-21-14/h6-9,14,16H,2-5,10-11H2,1H3,(H,17,18)/t14-/m1/s1. The minimum Gasteiger partial charge on any atom is -0.368 e. The molecule has 0 unspecified atom stereocenters. The van der Waals surface area contributed by atoms with Crippen molar-refractivity contribution in [2.45, 2.75) is 43.6 Å². The molecule has 1 aliphatic rings. The maximum Gasteiger partial charge on any atom is 0.253 e. The summed E-state index contributed by atoms with van der Waals surface area (Å²) >= 11 is 0. The Labute approximate surface area is 131 Å². The number of carbonyl (C=O) groups excluding carboxylic acids is 1. The van der Waals surface area contributed by atoms with Crippen LogP contribution in [-0.4, -0.2) is 33.6 Å². The lowest BCUT2D eigenvalue weighted by Crippen LogP contribution is -2.27. The van der Waals surface area contributed by atoms with Gasteiger partial charge >= 0.3 is 0 Å². The molecular weight excluding hydrogens is 304 g/mol. The van der Waals surface area contributed by atoms with E-state index in [1.807, 2.05) is 6.92 Å². The molecule has 122 valence electrons. The van der Waals surface area contributed by atoms with Gasteiger partial charge in [0.25, 0.3) is 5.91 Å². The van der Waals surface area contributed by atoms with Crippen LogP contribution in [0.2, 0.25) is 0 Å². The van der Waals surface area contributed by atoms with Crippen molar-refractivity contribution in [1.82, 2.24) is 4.72 Å². The minimum absolute atomic E-state index is 0.186. The topological polar surface area (TPSA) is 84.5 Å². The number of hydrogen-bond donors (Lipinski definition) is 2. The molecule has 1 heterocycles. The predicted molar refractivity (Wildman–Crippen MR) is 84.1 cm³/mol. The van der Waals surface area contributed by atoms with E-state index >= 15 is 0 Å². The van der Waals surface area contributed by atoms with Crippen LogP contribution in [0.5, 0.6) is 0 Å². The van der Waals surface area contributed by atoms with Gasteiger partial charge in [-0.25, -0.2) is 13.1 Å². The third-order valence-corrected chi connectivity index (χ3v) is 4.95. The summed E-state index contributed by atoms with van der Waals surface area (Å²) in [6.45, 7) is 3.04. The molecule has 1 saturated heterocycles. The van der Waals surface area contributed by atoms with Crippen LogP contribution in [-0.2, 0) is 19.6 Å². The average Bonchev–Trinajstić information content (AvgIpc) is 3.02. The summed E-state index contributed by atoms with van der Waals surface area (Å²) in [6, 6.07) is 6.14. The highest BCUT2D eigenvalue weighted by molar-refractivity contribution is 7.89. The zero-order chi connectivity index (χ0) is 16.0. The van der Waals surface area contributed by atoms with E-state index in [-0.39, 0.29) is 10.8 Å². The Morgan fingerprint density at radius 1 is 1.32 bits per heavy atom. The highest BCUT2D eigenvalue weighted by Gasteiger charge is 2.23. The molecule has 1 atom stereocenters. The number of unbranched alkanes of at least 4 members (excludes halogenated alkanes) is 1. The largest absolute Gasteiger partial charge is 0.368 e. The highest BCUT2D eigenvalue weighted by atomic mass is 32.2. The van der Waals surface area contributed by atoms with E-state index < -0.39 is 16.1 Å². The number of hydrogen-bond acceptors (Lipinski definition) is 4. The summed E-state index contributed by atoms with van der Waals surface area (Å²) in [4.78, 5) is 12.1. The molecule has 2 N–H and O–H groups in total. The van der Waals surface area contributed by atoms with Crippen molar-refractivity contribution in [3.05, 3.63) is 24.3 Å².